The Morgan fingerprint density at radius 2 is 1.97 bits per heavy atom. The van der Waals surface area contributed by atoms with Crippen LogP contribution < -0.4 is 10.1 Å². The predicted octanol–water partition coefficient (Wildman–Crippen LogP) is 3.22. The second-order valence-corrected chi connectivity index (χ2v) is 7.55. The number of aromatic nitrogens is 4. The molecule has 1 N–H and O–H groups in total. The van der Waals surface area contributed by atoms with Gasteiger partial charge in [0.15, 0.2) is 5.69 Å². The van der Waals surface area contributed by atoms with Crippen LogP contribution in [0.1, 0.15) is 47.4 Å². The molecule has 0 saturated heterocycles. The number of nitrogens with zero attached hydrogens (tertiary/aromatic N) is 4. The molecular formula is C22H25N5O2. The van der Waals surface area contributed by atoms with E-state index in [0.29, 0.717) is 12.4 Å². The lowest BCUT2D eigenvalue weighted by molar-refractivity contribution is 0.0936. The number of carbonyl (C=O) groups is 1. The summed E-state index contributed by atoms with van der Waals surface area (Å²) < 4.78 is 7.09. The summed E-state index contributed by atoms with van der Waals surface area (Å²) in [6, 6.07) is 10.5. The molecule has 0 bridgehead atoms. The molecule has 4 rings (SSSR count). The van der Waals surface area contributed by atoms with Gasteiger partial charge in [-0.3, -0.25) is 9.36 Å². The molecule has 0 aliphatic heterocycles. The fraction of sp³-hybridized carbons (Fsp3) is 0.364. The van der Waals surface area contributed by atoms with Gasteiger partial charge in [0.05, 0.1) is 19.0 Å². The zero-order chi connectivity index (χ0) is 20.3. The first kappa shape index (κ1) is 19.1. The Hall–Kier alpha value is -3.22. The maximum Gasteiger partial charge on any atom is 0.271 e. The summed E-state index contributed by atoms with van der Waals surface area (Å²) in [7, 11) is 1.52. The predicted molar refractivity (Wildman–Crippen MR) is 109 cm³/mol. The quantitative estimate of drug-likeness (QED) is 0.698. The van der Waals surface area contributed by atoms with Crippen molar-refractivity contribution >= 4 is 5.91 Å². The van der Waals surface area contributed by atoms with Crippen LogP contribution in [0.5, 0.6) is 5.88 Å². The lowest BCUT2D eigenvalue weighted by Crippen LogP contribution is -2.39. The number of hydrogen-bond donors (Lipinski definition) is 1. The zero-order valence-electron chi connectivity index (χ0n) is 16.8. The molecule has 0 radical (unpaired) electrons. The molecule has 0 spiro atoms. The van der Waals surface area contributed by atoms with Crippen molar-refractivity contribution in [3.05, 3.63) is 66.0 Å². The minimum absolute atomic E-state index is 0.0112. The third kappa shape index (κ3) is 3.85. The van der Waals surface area contributed by atoms with Crippen LogP contribution in [-0.2, 0) is 5.41 Å². The summed E-state index contributed by atoms with van der Waals surface area (Å²) in [5, 5.41) is 3.08. The van der Waals surface area contributed by atoms with Gasteiger partial charge in [-0.25, -0.2) is 15.0 Å². The molecular weight excluding hydrogens is 366 g/mol. The van der Waals surface area contributed by atoms with E-state index >= 15 is 0 Å². The van der Waals surface area contributed by atoms with Gasteiger partial charge in [0.2, 0.25) is 5.82 Å². The second kappa shape index (κ2) is 8.03. The molecule has 7 nitrogen and oxygen atoms in total. The van der Waals surface area contributed by atoms with Gasteiger partial charge in [0.25, 0.3) is 11.8 Å². The molecule has 2 aromatic heterocycles. The highest BCUT2D eigenvalue weighted by atomic mass is 16.5. The average Bonchev–Trinajstić information content (AvgIpc) is 3.42. The van der Waals surface area contributed by atoms with Crippen LogP contribution in [0.25, 0.3) is 5.82 Å². The molecule has 1 aromatic carbocycles. The van der Waals surface area contributed by atoms with E-state index in [0.717, 1.165) is 18.5 Å². The minimum atomic E-state index is -0.244. The minimum Gasteiger partial charge on any atom is -0.478 e. The van der Waals surface area contributed by atoms with Crippen molar-refractivity contribution < 1.29 is 9.53 Å². The summed E-state index contributed by atoms with van der Waals surface area (Å²) in [5.74, 6) is 0.543. The van der Waals surface area contributed by atoms with E-state index in [1.807, 2.05) is 19.2 Å². The number of nitrogens with one attached hydrogen (secondary N) is 1. The molecule has 0 unspecified atom stereocenters. The van der Waals surface area contributed by atoms with Crippen LogP contribution in [0.2, 0.25) is 0 Å². The molecule has 3 aromatic rings. The number of hydrogen-bond acceptors (Lipinski definition) is 5. The summed E-state index contributed by atoms with van der Waals surface area (Å²) in [5.41, 5.74) is 2.37. The monoisotopic (exact) mass is 391 g/mol. The van der Waals surface area contributed by atoms with Crippen LogP contribution in [0, 0.1) is 6.92 Å². The van der Waals surface area contributed by atoms with Crippen molar-refractivity contribution in [2.45, 2.75) is 38.0 Å². The highest BCUT2D eigenvalue weighted by Crippen LogP contribution is 2.40. The van der Waals surface area contributed by atoms with Crippen LogP contribution in [-0.4, -0.2) is 39.1 Å². The SMILES string of the molecule is COc1nc(C(=O)NCC2(c3ccccc3)CCCC2)cnc1-n1cnc(C)c1. The standard InChI is InChI=1S/C22H25N5O2/c1-16-13-27(15-25-16)19-21(29-2)26-18(12-23-19)20(28)24-14-22(10-6-7-11-22)17-8-4-3-5-9-17/h3-5,8-9,12-13,15H,6-7,10-11,14H2,1-2H3,(H,24,28). The van der Waals surface area contributed by atoms with E-state index in [1.54, 1.807) is 10.9 Å². The molecule has 29 heavy (non-hydrogen) atoms. The second-order valence-electron chi connectivity index (χ2n) is 7.55. The number of benzene rings is 1. The van der Waals surface area contributed by atoms with Crippen molar-refractivity contribution in [1.82, 2.24) is 24.8 Å². The van der Waals surface area contributed by atoms with E-state index in [9.17, 15) is 4.79 Å². The molecule has 1 fully saturated rings. The summed E-state index contributed by atoms with van der Waals surface area (Å²) >= 11 is 0. The number of carbonyl (C=O) groups excluding carboxylic acids is 1. The van der Waals surface area contributed by atoms with Crippen LogP contribution >= 0.6 is 0 Å². The first-order valence-corrected chi connectivity index (χ1v) is 9.87. The highest BCUT2D eigenvalue weighted by Gasteiger charge is 2.36. The van der Waals surface area contributed by atoms with Crippen molar-refractivity contribution in [3.8, 4) is 11.7 Å². The fourth-order valence-electron chi connectivity index (χ4n) is 4.08. The Morgan fingerprint density at radius 3 is 2.62 bits per heavy atom. The molecule has 1 saturated carbocycles. The molecule has 1 aliphatic rings. The molecule has 0 atom stereocenters. The normalized spacial score (nSPS) is 15.2. The smallest absolute Gasteiger partial charge is 0.271 e. The Balaban J connectivity index is 1.52. The number of amides is 1. The van der Waals surface area contributed by atoms with Crippen molar-refractivity contribution in [3.63, 3.8) is 0 Å². The number of rotatable bonds is 6. The molecule has 1 aliphatic carbocycles. The van der Waals surface area contributed by atoms with Gasteiger partial charge in [0.1, 0.15) is 6.33 Å². The summed E-state index contributed by atoms with van der Waals surface area (Å²) in [6.45, 7) is 2.48. The molecule has 1 amide bonds. The van der Waals surface area contributed by atoms with Gasteiger partial charge in [-0.1, -0.05) is 43.2 Å². The lowest BCUT2D eigenvalue weighted by Gasteiger charge is -2.30. The van der Waals surface area contributed by atoms with Gasteiger partial charge >= 0.3 is 0 Å². The third-order valence-electron chi connectivity index (χ3n) is 5.64. The first-order valence-electron chi connectivity index (χ1n) is 9.87. The van der Waals surface area contributed by atoms with E-state index < -0.39 is 0 Å². The van der Waals surface area contributed by atoms with Gasteiger partial charge in [0, 0.05) is 18.2 Å². The summed E-state index contributed by atoms with van der Waals surface area (Å²) in [4.78, 5) is 25.8. The number of aryl methyl sites for hydroxylation is 1. The zero-order valence-corrected chi connectivity index (χ0v) is 16.8. The van der Waals surface area contributed by atoms with Gasteiger partial charge in [-0.15, -0.1) is 0 Å². The van der Waals surface area contributed by atoms with E-state index in [2.05, 4.69) is 44.5 Å². The highest BCUT2D eigenvalue weighted by molar-refractivity contribution is 5.92. The van der Waals surface area contributed by atoms with Gasteiger partial charge in [-0.2, -0.15) is 0 Å². The number of methoxy groups -OCH3 is 1. The molecule has 150 valence electrons. The fourth-order valence-corrected chi connectivity index (χ4v) is 4.08. The van der Waals surface area contributed by atoms with Gasteiger partial charge < -0.3 is 10.1 Å². The van der Waals surface area contributed by atoms with Crippen molar-refractivity contribution in [1.29, 1.82) is 0 Å². The average molecular weight is 391 g/mol. The van der Waals surface area contributed by atoms with Crippen molar-refractivity contribution in [2.75, 3.05) is 13.7 Å². The van der Waals surface area contributed by atoms with E-state index in [1.165, 1.54) is 31.7 Å². The molecule has 7 heteroatoms. The largest absolute Gasteiger partial charge is 0.478 e. The van der Waals surface area contributed by atoms with E-state index in [4.69, 9.17) is 4.74 Å². The Morgan fingerprint density at radius 1 is 1.21 bits per heavy atom. The van der Waals surface area contributed by atoms with Gasteiger partial charge in [-0.05, 0) is 25.3 Å². The Kier molecular flexibility index (Phi) is 5.29. The lowest BCUT2D eigenvalue weighted by atomic mass is 9.79. The Labute approximate surface area is 170 Å². The van der Waals surface area contributed by atoms with Crippen LogP contribution in [0.15, 0.2) is 49.1 Å². The molecule has 2 heterocycles. The maximum atomic E-state index is 12.8. The number of ether oxygens (including phenoxy) is 1. The maximum absolute atomic E-state index is 12.8. The third-order valence-corrected chi connectivity index (χ3v) is 5.64. The van der Waals surface area contributed by atoms with Crippen LogP contribution in [0.4, 0.5) is 0 Å². The Bertz CT molecular complexity index is 993. The van der Waals surface area contributed by atoms with Crippen molar-refractivity contribution in [2.24, 2.45) is 0 Å². The van der Waals surface area contributed by atoms with Crippen LogP contribution in [0.3, 0.4) is 0 Å². The summed E-state index contributed by atoms with van der Waals surface area (Å²) in [6.07, 6.45) is 9.46. The first-order chi connectivity index (χ1) is 14.1. The van der Waals surface area contributed by atoms with E-state index in [-0.39, 0.29) is 22.9 Å². The topological polar surface area (TPSA) is 81.9 Å². The number of imidazole rings is 1.